The molecule has 3 N–H and O–H groups in total. The van der Waals surface area contributed by atoms with Gasteiger partial charge in [0.25, 0.3) is 0 Å². The van der Waals surface area contributed by atoms with Gasteiger partial charge in [0.1, 0.15) is 6.10 Å². The molecule has 0 aromatic carbocycles. The Hall–Kier alpha value is -0.540. The summed E-state index contributed by atoms with van der Waals surface area (Å²) in [5.41, 5.74) is 5.31. The van der Waals surface area contributed by atoms with Crippen LogP contribution in [0, 0.1) is 0 Å². The number of carbonyl (C=O) groups is 1. The van der Waals surface area contributed by atoms with Gasteiger partial charge in [-0.1, -0.05) is 103 Å². The van der Waals surface area contributed by atoms with Crippen molar-refractivity contribution in [2.24, 2.45) is 5.73 Å². The molecule has 0 fully saturated rings. The van der Waals surface area contributed by atoms with Crippen molar-refractivity contribution in [2.75, 3.05) is 46.7 Å². The highest BCUT2D eigenvalue weighted by Gasteiger charge is 2.23. The van der Waals surface area contributed by atoms with E-state index in [1.807, 2.05) is 0 Å². The van der Waals surface area contributed by atoms with Gasteiger partial charge in [0.15, 0.2) is 0 Å². The van der Waals surface area contributed by atoms with Crippen LogP contribution in [0.5, 0.6) is 0 Å². The second-order valence-electron chi connectivity index (χ2n) is 10.3. The Labute approximate surface area is 238 Å². The van der Waals surface area contributed by atoms with E-state index in [2.05, 4.69) is 11.7 Å². The maximum Gasteiger partial charge on any atom is 0.472 e. The summed E-state index contributed by atoms with van der Waals surface area (Å²) >= 11 is 0. The van der Waals surface area contributed by atoms with Gasteiger partial charge >= 0.3 is 13.8 Å². The highest BCUT2D eigenvalue weighted by Crippen LogP contribution is 2.43. The van der Waals surface area contributed by atoms with Crippen LogP contribution in [0.25, 0.3) is 0 Å². The molecule has 0 bridgehead atoms. The second-order valence-corrected chi connectivity index (χ2v) is 11.7. The van der Waals surface area contributed by atoms with Gasteiger partial charge in [-0.25, -0.2) is 4.57 Å². The van der Waals surface area contributed by atoms with Gasteiger partial charge in [-0.15, -0.1) is 0 Å². The average molecular weight is 582 g/mol. The van der Waals surface area contributed by atoms with E-state index in [-0.39, 0.29) is 32.3 Å². The lowest BCUT2D eigenvalue weighted by atomic mass is 10.0. The van der Waals surface area contributed by atoms with Gasteiger partial charge in [-0.2, -0.15) is 0 Å². The quantitative estimate of drug-likeness (QED) is 0.0501. The van der Waals surface area contributed by atoms with Crippen molar-refractivity contribution in [2.45, 2.75) is 135 Å². The zero-order valence-electron chi connectivity index (χ0n) is 25.1. The number of unbranched alkanes of at least 4 members (excludes halogenated alkanes) is 16. The molecule has 0 aliphatic rings. The summed E-state index contributed by atoms with van der Waals surface area (Å²) in [5.74, 6) is -0.254. The summed E-state index contributed by atoms with van der Waals surface area (Å²) in [5, 5.41) is 0. The van der Waals surface area contributed by atoms with Crippen LogP contribution in [0.1, 0.15) is 129 Å². The van der Waals surface area contributed by atoms with Gasteiger partial charge in [0.05, 0.1) is 26.9 Å². The lowest BCUT2D eigenvalue weighted by Crippen LogP contribution is -2.26. The van der Waals surface area contributed by atoms with E-state index in [0.717, 1.165) is 12.8 Å². The Morgan fingerprint density at radius 3 is 1.74 bits per heavy atom. The molecule has 0 aromatic rings. The zero-order chi connectivity index (χ0) is 28.9. The Morgan fingerprint density at radius 1 is 0.718 bits per heavy atom. The minimum atomic E-state index is -4.18. The SMILES string of the molecule is CCCCCCCCCCCCCCCCCCOC[C@H](COP(=O)(O)OCCN)OCCCCC(=O)OC. The molecule has 0 saturated heterocycles. The summed E-state index contributed by atoms with van der Waals surface area (Å²) in [6.45, 7) is 3.44. The summed E-state index contributed by atoms with van der Waals surface area (Å²) in [4.78, 5) is 20.9. The molecule has 0 spiro atoms. The predicted octanol–water partition coefficient (Wildman–Crippen LogP) is 7.09. The Morgan fingerprint density at radius 2 is 1.23 bits per heavy atom. The molecule has 1 unspecified atom stereocenters. The van der Waals surface area contributed by atoms with Crippen molar-refractivity contribution in [3.05, 3.63) is 0 Å². The summed E-state index contributed by atoms with van der Waals surface area (Å²) < 4.78 is 37.9. The molecular weight excluding hydrogens is 521 g/mol. The van der Waals surface area contributed by atoms with Crippen LogP contribution in [-0.2, 0) is 32.6 Å². The standard InChI is InChI=1S/C29H60NO8P/c1-3-4-5-6-7-8-9-10-11-12-13-14-15-16-17-19-23-35-26-28(27-38-39(32,33)37-25-22-30)36-24-20-18-21-29(31)34-2/h28H,3-27,30H2,1-2H3,(H,32,33)/t28-/m1/s1. The fourth-order valence-electron chi connectivity index (χ4n) is 4.22. The minimum Gasteiger partial charge on any atom is -0.469 e. The first-order chi connectivity index (χ1) is 18.9. The van der Waals surface area contributed by atoms with Crippen LogP contribution in [0.2, 0.25) is 0 Å². The summed E-state index contributed by atoms with van der Waals surface area (Å²) in [6, 6.07) is 0. The van der Waals surface area contributed by atoms with E-state index >= 15 is 0 Å². The van der Waals surface area contributed by atoms with E-state index in [9.17, 15) is 14.3 Å². The van der Waals surface area contributed by atoms with Crippen molar-refractivity contribution in [1.29, 1.82) is 0 Å². The molecule has 10 heteroatoms. The fraction of sp³-hybridized carbons (Fsp3) is 0.966. The first kappa shape index (κ1) is 38.5. The van der Waals surface area contributed by atoms with Crippen LogP contribution in [0.4, 0.5) is 0 Å². The van der Waals surface area contributed by atoms with Crippen LogP contribution >= 0.6 is 7.82 Å². The monoisotopic (exact) mass is 581 g/mol. The van der Waals surface area contributed by atoms with Crippen molar-refractivity contribution in [3.63, 3.8) is 0 Å². The van der Waals surface area contributed by atoms with Gasteiger partial charge in [-0.05, 0) is 19.3 Å². The third-order valence-electron chi connectivity index (χ3n) is 6.60. The minimum absolute atomic E-state index is 0.0669. The molecule has 0 radical (unpaired) electrons. The Balaban J connectivity index is 3.83. The largest absolute Gasteiger partial charge is 0.472 e. The molecule has 2 atom stereocenters. The molecule has 0 saturated carbocycles. The van der Waals surface area contributed by atoms with E-state index in [0.29, 0.717) is 32.5 Å². The third kappa shape index (κ3) is 28.8. The van der Waals surface area contributed by atoms with Crippen molar-refractivity contribution in [1.82, 2.24) is 0 Å². The van der Waals surface area contributed by atoms with E-state index < -0.39 is 13.9 Å². The van der Waals surface area contributed by atoms with Gasteiger partial charge in [0, 0.05) is 26.2 Å². The lowest BCUT2D eigenvalue weighted by molar-refractivity contribution is -0.140. The average Bonchev–Trinajstić information content (AvgIpc) is 2.93. The number of nitrogens with two attached hydrogens (primary N) is 1. The third-order valence-corrected chi connectivity index (χ3v) is 7.58. The molecular formula is C29H60NO8P. The number of hydrogen-bond acceptors (Lipinski definition) is 8. The van der Waals surface area contributed by atoms with Crippen LogP contribution < -0.4 is 5.73 Å². The van der Waals surface area contributed by atoms with Crippen molar-refractivity contribution >= 4 is 13.8 Å². The maximum absolute atomic E-state index is 11.9. The van der Waals surface area contributed by atoms with E-state index in [4.69, 9.17) is 24.3 Å². The number of phosphoric acid groups is 1. The van der Waals surface area contributed by atoms with Crippen molar-refractivity contribution < 1.29 is 37.5 Å². The Bertz CT molecular complexity index is 581. The lowest BCUT2D eigenvalue weighted by Gasteiger charge is -2.20. The number of esters is 1. The second kappa shape index (κ2) is 29.0. The first-order valence-electron chi connectivity index (χ1n) is 15.5. The predicted molar refractivity (Wildman–Crippen MR) is 157 cm³/mol. The van der Waals surface area contributed by atoms with Gasteiger partial charge < -0.3 is 24.8 Å². The van der Waals surface area contributed by atoms with Gasteiger partial charge in [-0.3, -0.25) is 13.8 Å². The number of ether oxygens (including phenoxy) is 3. The highest BCUT2D eigenvalue weighted by molar-refractivity contribution is 7.47. The molecule has 0 aromatic heterocycles. The molecule has 234 valence electrons. The smallest absolute Gasteiger partial charge is 0.469 e. The van der Waals surface area contributed by atoms with Crippen LogP contribution in [-0.4, -0.2) is 63.7 Å². The highest BCUT2D eigenvalue weighted by atomic mass is 31.2. The Kier molecular flexibility index (Phi) is 28.6. The normalized spacial score (nSPS) is 13.8. The first-order valence-corrected chi connectivity index (χ1v) is 17.0. The van der Waals surface area contributed by atoms with E-state index in [1.165, 1.54) is 97.0 Å². The molecule has 0 aliphatic carbocycles. The fourth-order valence-corrected chi connectivity index (χ4v) is 4.98. The number of carbonyl (C=O) groups excluding carboxylic acids is 1. The number of hydrogen-bond donors (Lipinski definition) is 2. The summed E-state index contributed by atoms with van der Waals surface area (Å²) in [7, 11) is -2.82. The molecule has 0 rings (SSSR count). The maximum atomic E-state index is 11.9. The van der Waals surface area contributed by atoms with Crippen LogP contribution in [0.15, 0.2) is 0 Å². The number of rotatable bonds is 31. The molecule has 0 heterocycles. The topological polar surface area (TPSA) is 127 Å². The molecule has 39 heavy (non-hydrogen) atoms. The van der Waals surface area contributed by atoms with Gasteiger partial charge in [0.2, 0.25) is 0 Å². The van der Waals surface area contributed by atoms with E-state index in [1.54, 1.807) is 0 Å². The van der Waals surface area contributed by atoms with Crippen molar-refractivity contribution in [3.8, 4) is 0 Å². The number of methoxy groups -OCH3 is 1. The van der Waals surface area contributed by atoms with Crippen LogP contribution in [0.3, 0.4) is 0 Å². The zero-order valence-corrected chi connectivity index (χ0v) is 26.0. The summed E-state index contributed by atoms with van der Waals surface area (Å²) in [6.07, 6.45) is 22.3. The molecule has 9 nitrogen and oxygen atoms in total. The molecule has 0 aliphatic heterocycles. The number of phosphoric ester groups is 1. The molecule has 0 amide bonds.